The first-order valence-electron chi connectivity index (χ1n) is 10.0. The van der Waals surface area contributed by atoms with E-state index in [4.69, 9.17) is 4.74 Å². The number of hydrogen-bond acceptors (Lipinski definition) is 1. The monoisotopic (exact) mass is 314 g/mol. The van der Waals surface area contributed by atoms with E-state index >= 15 is 0 Å². The molecule has 1 heterocycles. The molecule has 2 atom stereocenters. The molecule has 1 aliphatic heterocycles. The fraction of sp³-hybridized carbons (Fsp3) is 0.727. The van der Waals surface area contributed by atoms with E-state index < -0.39 is 0 Å². The molecule has 0 aromatic heterocycles. The first-order valence-corrected chi connectivity index (χ1v) is 10.0. The standard InChI is InChI=1S/C22H34O/c1-3-5-18-8-12-20(13-9-18)22-15-14-21(16-23-22)19-10-6-17(4-2)7-11-19/h6-7,10-11,18,20-22H,3-5,8-9,12-16H2,1-2H3. The van der Waals surface area contributed by atoms with Gasteiger partial charge in [0.05, 0.1) is 12.7 Å². The number of ether oxygens (including phenoxy) is 1. The Kier molecular flexibility index (Phi) is 6.16. The summed E-state index contributed by atoms with van der Waals surface area (Å²) in [5.74, 6) is 2.46. The highest BCUT2D eigenvalue weighted by molar-refractivity contribution is 5.25. The molecule has 3 rings (SSSR count). The van der Waals surface area contributed by atoms with Gasteiger partial charge in [-0.05, 0) is 55.1 Å². The zero-order valence-electron chi connectivity index (χ0n) is 15.1. The van der Waals surface area contributed by atoms with Crippen LogP contribution >= 0.6 is 0 Å². The number of rotatable bonds is 5. The highest BCUT2D eigenvalue weighted by Gasteiger charge is 2.31. The van der Waals surface area contributed by atoms with Crippen molar-refractivity contribution in [3.8, 4) is 0 Å². The molecule has 1 saturated heterocycles. The van der Waals surface area contributed by atoms with Crippen molar-refractivity contribution in [2.24, 2.45) is 11.8 Å². The van der Waals surface area contributed by atoms with Crippen molar-refractivity contribution in [3.05, 3.63) is 35.4 Å². The van der Waals surface area contributed by atoms with Gasteiger partial charge in [0.2, 0.25) is 0 Å². The van der Waals surface area contributed by atoms with E-state index in [1.165, 1.54) is 62.5 Å². The smallest absolute Gasteiger partial charge is 0.0603 e. The summed E-state index contributed by atoms with van der Waals surface area (Å²) in [6.07, 6.45) is 12.8. The van der Waals surface area contributed by atoms with E-state index in [0.29, 0.717) is 12.0 Å². The van der Waals surface area contributed by atoms with Crippen LogP contribution in [0.3, 0.4) is 0 Å². The molecule has 1 heteroatoms. The summed E-state index contributed by atoms with van der Waals surface area (Å²) >= 11 is 0. The SMILES string of the molecule is CCCC1CCC(C2CCC(c3ccc(CC)cc3)CO2)CC1. The molecule has 0 bridgehead atoms. The lowest BCUT2D eigenvalue weighted by Crippen LogP contribution is -2.33. The lowest BCUT2D eigenvalue weighted by Gasteiger charge is -2.38. The highest BCUT2D eigenvalue weighted by atomic mass is 16.5. The molecule has 23 heavy (non-hydrogen) atoms. The van der Waals surface area contributed by atoms with Gasteiger partial charge in [0.1, 0.15) is 0 Å². The van der Waals surface area contributed by atoms with E-state index in [0.717, 1.165) is 24.9 Å². The molecule has 2 aliphatic rings. The summed E-state index contributed by atoms with van der Waals surface area (Å²) in [7, 11) is 0. The zero-order valence-corrected chi connectivity index (χ0v) is 15.1. The van der Waals surface area contributed by atoms with Gasteiger partial charge in [0, 0.05) is 5.92 Å². The molecule has 1 nitrogen and oxygen atoms in total. The predicted molar refractivity (Wildman–Crippen MR) is 97.9 cm³/mol. The topological polar surface area (TPSA) is 9.23 Å². The van der Waals surface area contributed by atoms with Crippen LogP contribution in [0.5, 0.6) is 0 Å². The summed E-state index contributed by atoms with van der Waals surface area (Å²) in [5, 5.41) is 0. The van der Waals surface area contributed by atoms with Crippen molar-refractivity contribution in [2.75, 3.05) is 6.61 Å². The van der Waals surface area contributed by atoms with Crippen molar-refractivity contribution in [1.29, 1.82) is 0 Å². The minimum atomic E-state index is 0.545. The second-order valence-corrected chi connectivity index (χ2v) is 7.81. The summed E-state index contributed by atoms with van der Waals surface area (Å²) in [6, 6.07) is 9.22. The molecular formula is C22H34O. The van der Waals surface area contributed by atoms with Gasteiger partial charge in [-0.2, -0.15) is 0 Å². The van der Waals surface area contributed by atoms with Crippen LogP contribution in [0.25, 0.3) is 0 Å². The summed E-state index contributed by atoms with van der Waals surface area (Å²) in [5.41, 5.74) is 2.92. The number of hydrogen-bond donors (Lipinski definition) is 0. The van der Waals surface area contributed by atoms with Crippen molar-refractivity contribution < 1.29 is 4.74 Å². The molecular weight excluding hydrogens is 280 g/mol. The van der Waals surface area contributed by atoms with Gasteiger partial charge in [0.15, 0.2) is 0 Å². The first-order chi connectivity index (χ1) is 11.3. The van der Waals surface area contributed by atoms with Crippen molar-refractivity contribution in [2.45, 2.75) is 83.7 Å². The summed E-state index contributed by atoms with van der Waals surface area (Å²) in [4.78, 5) is 0. The molecule has 1 aliphatic carbocycles. The largest absolute Gasteiger partial charge is 0.377 e. The molecule has 0 spiro atoms. The minimum absolute atomic E-state index is 0.545. The second kappa shape index (κ2) is 8.33. The molecule has 2 unspecified atom stereocenters. The van der Waals surface area contributed by atoms with Crippen LogP contribution < -0.4 is 0 Å². The van der Waals surface area contributed by atoms with Crippen molar-refractivity contribution in [1.82, 2.24) is 0 Å². The van der Waals surface area contributed by atoms with Gasteiger partial charge in [-0.3, -0.25) is 0 Å². The van der Waals surface area contributed by atoms with Crippen LogP contribution in [-0.2, 0) is 11.2 Å². The summed E-state index contributed by atoms with van der Waals surface area (Å²) in [6.45, 7) is 5.48. The molecule has 1 saturated carbocycles. The van der Waals surface area contributed by atoms with Gasteiger partial charge < -0.3 is 4.74 Å². The van der Waals surface area contributed by atoms with Crippen molar-refractivity contribution in [3.63, 3.8) is 0 Å². The average Bonchev–Trinajstić information content (AvgIpc) is 2.63. The molecule has 2 fully saturated rings. The fourth-order valence-electron chi connectivity index (χ4n) is 4.69. The molecule has 1 aromatic carbocycles. The Hall–Kier alpha value is -0.820. The van der Waals surface area contributed by atoms with E-state index in [-0.39, 0.29) is 0 Å². The maximum Gasteiger partial charge on any atom is 0.0603 e. The van der Waals surface area contributed by atoms with Gasteiger partial charge in [-0.15, -0.1) is 0 Å². The third-order valence-corrected chi connectivity index (χ3v) is 6.28. The Morgan fingerprint density at radius 2 is 1.65 bits per heavy atom. The molecule has 0 N–H and O–H groups in total. The maximum absolute atomic E-state index is 6.34. The zero-order chi connectivity index (χ0) is 16.1. The Morgan fingerprint density at radius 3 is 2.22 bits per heavy atom. The minimum Gasteiger partial charge on any atom is -0.377 e. The molecule has 128 valence electrons. The van der Waals surface area contributed by atoms with Gasteiger partial charge >= 0.3 is 0 Å². The van der Waals surface area contributed by atoms with Crippen LogP contribution in [0.4, 0.5) is 0 Å². The number of benzene rings is 1. The van der Waals surface area contributed by atoms with E-state index in [1.54, 1.807) is 0 Å². The number of aryl methyl sites for hydroxylation is 1. The first kappa shape index (κ1) is 17.0. The lowest BCUT2D eigenvalue weighted by molar-refractivity contribution is -0.0435. The van der Waals surface area contributed by atoms with Crippen LogP contribution in [0.1, 0.15) is 82.3 Å². The average molecular weight is 315 g/mol. The Bertz CT molecular complexity index is 447. The van der Waals surface area contributed by atoms with Crippen LogP contribution in [-0.4, -0.2) is 12.7 Å². The second-order valence-electron chi connectivity index (χ2n) is 7.81. The third kappa shape index (κ3) is 4.38. The molecule has 1 aromatic rings. The Labute approximate surface area is 142 Å². The quantitative estimate of drug-likeness (QED) is 0.636. The normalized spacial score (nSPS) is 31.9. The summed E-state index contributed by atoms with van der Waals surface area (Å²) < 4.78 is 6.34. The van der Waals surface area contributed by atoms with Gasteiger partial charge in [-0.25, -0.2) is 0 Å². The van der Waals surface area contributed by atoms with Crippen LogP contribution in [0, 0.1) is 11.8 Å². The third-order valence-electron chi connectivity index (χ3n) is 6.28. The Balaban J connectivity index is 1.46. The molecule has 0 amide bonds. The maximum atomic E-state index is 6.34. The van der Waals surface area contributed by atoms with Crippen LogP contribution in [0.15, 0.2) is 24.3 Å². The van der Waals surface area contributed by atoms with Gasteiger partial charge in [-0.1, -0.05) is 63.8 Å². The van der Waals surface area contributed by atoms with E-state index in [2.05, 4.69) is 38.1 Å². The van der Waals surface area contributed by atoms with Crippen molar-refractivity contribution >= 4 is 0 Å². The lowest BCUT2D eigenvalue weighted by atomic mass is 9.75. The molecule has 0 radical (unpaired) electrons. The predicted octanol–water partition coefficient (Wildman–Crippen LogP) is 6.12. The van der Waals surface area contributed by atoms with E-state index in [1.807, 2.05) is 0 Å². The fourth-order valence-corrected chi connectivity index (χ4v) is 4.69. The van der Waals surface area contributed by atoms with Crippen LogP contribution in [0.2, 0.25) is 0 Å². The van der Waals surface area contributed by atoms with Gasteiger partial charge in [0.25, 0.3) is 0 Å². The Morgan fingerprint density at radius 1 is 0.913 bits per heavy atom. The highest BCUT2D eigenvalue weighted by Crippen LogP contribution is 2.39. The van der Waals surface area contributed by atoms with E-state index in [9.17, 15) is 0 Å².